The smallest absolute Gasteiger partial charge is 0.302 e. The number of hydrogen-bond acceptors (Lipinski definition) is 4. The summed E-state index contributed by atoms with van der Waals surface area (Å²) in [6.45, 7) is 10.1. The Morgan fingerprint density at radius 1 is 1.50 bits per heavy atom. The van der Waals surface area contributed by atoms with Crippen molar-refractivity contribution in [2.75, 3.05) is 6.61 Å². The van der Waals surface area contributed by atoms with Gasteiger partial charge in [0.1, 0.15) is 5.69 Å². The number of ether oxygens (including phenoxy) is 1. The molecule has 0 radical (unpaired) electrons. The van der Waals surface area contributed by atoms with Crippen molar-refractivity contribution in [2.45, 2.75) is 40.2 Å². The Labute approximate surface area is 119 Å². The third-order valence-corrected chi connectivity index (χ3v) is 2.75. The Morgan fingerprint density at radius 3 is 2.80 bits per heavy atom. The predicted octanol–water partition coefficient (Wildman–Crippen LogP) is 1.77. The molecule has 6 nitrogen and oxygen atoms in total. The largest absolute Gasteiger partial charge is 0.466 e. The number of nitrogens with zero attached hydrogens (tertiary/aromatic N) is 3. The van der Waals surface area contributed by atoms with Gasteiger partial charge in [0, 0.05) is 24.9 Å². The lowest BCUT2D eigenvalue weighted by Gasteiger charge is -2.06. The van der Waals surface area contributed by atoms with Gasteiger partial charge in [-0.3, -0.25) is 4.79 Å². The Kier molecular flexibility index (Phi) is 5.96. The van der Waals surface area contributed by atoms with E-state index < -0.39 is 0 Å². The molecule has 0 unspecified atom stereocenters. The molecule has 0 saturated heterocycles. The second-order valence-electron chi connectivity index (χ2n) is 4.65. The van der Waals surface area contributed by atoms with Gasteiger partial charge in [0.15, 0.2) is 5.84 Å². The zero-order valence-corrected chi connectivity index (χ0v) is 12.3. The summed E-state index contributed by atoms with van der Waals surface area (Å²) in [6.07, 6.45) is 3.47. The Bertz CT molecular complexity index is 517. The lowest BCUT2D eigenvalue weighted by molar-refractivity contribution is -0.141. The maximum absolute atomic E-state index is 10.6. The minimum absolute atomic E-state index is 0.241. The lowest BCUT2D eigenvalue weighted by Crippen LogP contribution is -2.16. The van der Waals surface area contributed by atoms with E-state index in [-0.39, 0.29) is 5.97 Å². The zero-order chi connectivity index (χ0) is 15.1. The molecule has 0 spiro atoms. The second-order valence-corrected chi connectivity index (χ2v) is 4.65. The van der Waals surface area contributed by atoms with Crippen LogP contribution in [0.3, 0.4) is 0 Å². The van der Waals surface area contributed by atoms with Gasteiger partial charge in [-0.2, -0.15) is 0 Å². The van der Waals surface area contributed by atoms with Gasteiger partial charge in [-0.05, 0) is 26.7 Å². The molecule has 110 valence electrons. The zero-order valence-electron chi connectivity index (χ0n) is 12.3. The molecule has 1 heterocycles. The number of allylic oxidation sites excluding steroid dienone is 1. The number of hydrogen-bond donors (Lipinski definition) is 1. The quantitative estimate of drug-likeness (QED) is 0.356. The number of amidine groups is 1. The fourth-order valence-corrected chi connectivity index (χ4v) is 1.78. The van der Waals surface area contributed by atoms with Gasteiger partial charge < -0.3 is 15.0 Å². The molecule has 0 fully saturated rings. The first-order chi connectivity index (χ1) is 9.41. The van der Waals surface area contributed by atoms with Crippen LogP contribution in [-0.4, -0.2) is 28.0 Å². The SMILES string of the molecule is C=C(C)N=C(N)c1ncn(CCCCOC(C)=O)c1C. The van der Waals surface area contributed by atoms with E-state index in [1.165, 1.54) is 6.92 Å². The number of nitrogens with two attached hydrogens (primary N) is 1. The third-order valence-electron chi connectivity index (χ3n) is 2.75. The first-order valence-electron chi connectivity index (χ1n) is 6.57. The first kappa shape index (κ1) is 15.9. The highest BCUT2D eigenvalue weighted by Crippen LogP contribution is 2.08. The van der Waals surface area contributed by atoms with Crippen molar-refractivity contribution >= 4 is 11.8 Å². The summed E-state index contributed by atoms with van der Waals surface area (Å²) in [6, 6.07) is 0. The fourth-order valence-electron chi connectivity index (χ4n) is 1.78. The number of aromatic nitrogens is 2. The average Bonchev–Trinajstić information content (AvgIpc) is 2.69. The minimum Gasteiger partial charge on any atom is -0.466 e. The van der Waals surface area contributed by atoms with Crippen molar-refractivity contribution in [2.24, 2.45) is 10.7 Å². The molecule has 2 N–H and O–H groups in total. The van der Waals surface area contributed by atoms with E-state index in [1.54, 1.807) is 13.3 Å². The second kappa shape index (κ2) is 7.47. The third kappa shape index (κ3) is 4.87. The number of aryl methyl sites for hydroxylation is 1. The summed E-state index contributed by atoms with van der Waals surface area (Å²) in [5.41, 5.74) is 8.19. The van der Waals surface area contributed by atoms with Crippen molar-refractivity contribution in [3.05, 3.63) is 30.0 Å². The molecule has 0 saturated carbocycles. The normalized spacial score (nSPS) is 11.4. The van der Waals surface area contributed by atoms with Gasteiger partial charge in [0.05, 0.1) is 12.9 Å². The van der Waals surface area contributed by atoms with Crippen LogP contribution in [0.15, 0.2) is 23.6 Å². The van der Waals surface area contributed by atoms with Gasteiger partial charge in [0.2, 0.25) is 0 Å². The minimum atomic E-state index is -0.241. The number of rotatable bonds is 7. The molecule has 0 bridgehead atoms. The number of carbonyl (C=O) groups excluding carboxylic acids is 1. The lowest BCUT2D eigenvalue weighted by atomic mass is 10.3. The topological polar surface area (TPSA) is 82.5 Å². The molecule has 0 atom stereocenters. The highest BCUT2D eigenvalue weighted by molar-refractivity contribution is 5.97. The summed E-state index contributed by atoms with van der Waals surface area (Å²) < 4.78 is 6.90. The highest BCUT2D eigenvalue weighted by atomic mass is 16.5. The molecule has 0 aliphatic heterocycles. The monoisotopic (exact) mass is 278 g/mol. The van der Waals surface area contributed by atoms with Gasteiger partial charge in [-0.25, -0.2) is 9.98 Å². The van der Waals surface area contributed by atoms with E-state index >= 15 is 0 Å². The fraction of sp³-hybridized carbons (Fsp3) is 0.500. The number of unbranched alkanes of at least 4 members (excludes halogenated alkanes) is 1. The molecule has 1 rings (SSSR count). The molecular formula is C14H22N4O2. The highest BCUT2D eigenvalue weighted by Gasteiger charge is 2.09. The van der Waals surface area contributed by atoms with Gasteiger partial charge in [-0.1, -0.05) is 6.58 Å². The molecule has 6 heteroatoms. The molecule has 1 aromatic rings. The van der Waals surface area contributed by atoms with E-state index in [4.69, 9.17) is 10.5 Å². The Hall–Kier alpha value is -2.11. The van der Waals surface area contributed by atoms with Crippen molar-refractivity contribution in [1.29, 1.82) is 0 Å². The van der Waals surface area contributed by atoms with Gasteiger partial charge >= 0.3 is 5.97 Å². The van der Waals surface area contributed by atoms with E-state index in [9.17, 15) is 4.79 Å². The number of esters is 1. The van der Waals surface area contributed by atoms with E-state index in [1.807, 2.05) is 11.5 Å². The van der Waals surface area contributed by atoms with E-state index in [2.05, 4.69) is 16.6 Å². The number of aliphatic imine (C=N–C) groups is 1. The Morgan fingerprint density at radius 2 is 2.20 bits per heavy atom. The predicted molar refractivity (Wildman–Crippen MR) is 78.4 cm³/mol. The van der Waals surface area contributed by atoms with Crippen LogP contribution in [0.5, 0.6) is 0 Å². The molecule has 20 heavy (non-hydrogen) atoms. The van der Waals surface area contributed by atoms with Crippen LogP contribution in [0, 0.1) is 6.92 Å². The van der Waals surface area contributed by atoms with Crippen LogP contribution < -0.4 is 5.73 Å². The van der Waals surface area contributed by atoms with E-state index in [0.29, 0.717) is 23.8 Å². The molecule has 0 amide bonds. The molecule has 1 aromatic heterocycles. The maximum atomic E-state index is 10.6. The Balaban J connectivity index is 2.55. The van der Waals surface area contributed by atoms with Gasteiger partial charge in [-0.15, -0.1) is 0 Å². The van der Waals surface area contributed by atoms with Crippen LogP contribution in [-0.2, 0) is 16.1 Å². The number of carbonyl (C=O) groups is 1. The molecule has 0 aromatic carbocycles. The van der Waals surface area contributed by atoms with Crippen LogP contribution in [0.2, 0.25) is 0 Å². The molecule has 0 aliphatic rings. The molecular weight excluding hydrogens is 256 g/mol. The maximum Gasteiger partial charge on any atom is 0.302 e. The number of imidazole rings is 1. The summed E-state index contributed by atoms with van der Waals surface area (Å²) in [7, 11) is 0. The van der Waals surface area contributed by atoms with Crippen LogP contribution in [0.4, 0.5) is 0 Å². The summed E-state index contributed by atoms with van der Waals surface area (Å²) >= 11 is 0. The summed E-state index contributed by atoms with van der Waals surface area (Å²) in [5, 5.41) is 0. The molecule has 0 aliphatic carbocycles. The van der Waals surface area contributed by atoms with Crippen molar-refractivity contribution in [3.8, 4) is 0 Å². The van der Waals surface area contributed by atoms with Crippen LogP contribution >= 0.6 is 0 Å². The van der Waals surface area contributed by atoms with Crippen molar-refractivity contribution < 1.29 is 9.53 Å². The van der Waals surface area contributed by atoms with Crippen LogP contribution in [0.1, 0.15) is 38.1 Å². The summed E-state index contributed by atoms with van der Waals surface area (Å²) in [4.78, 5) is 19.0. The van der Waals surface area contributed by atoms with Gasteiger partial charge in [0.25, 0.3) is 0 Å². The summed E-state index contributed by atoms with van der Waals surface area (Å²) in [5.74, 6) is 0.142. The first-order valence-corrected chi connectivity index (χ1v) is 6.57. The van der Waals surface area contributed by atoms with Crippen LogP contribution in [0.25, 0.3) is 0 Å². The van der Waals surface area contributed by atoms with Crippen molar-refractivity contribution in [3.63, 3.8) is 0 Å². The average molecular weight is 278 g/mol. The van der Waals surface area contributed by atoms with E-state index in [0.717, 1.165) is 25.1 Å². The van der Waals surface area contributed by atoms with Crippen molar-refractivity contribution in [1.82, 2.24) is 9.55 Å². The standard InChI is InChI=1S/C14H22N4O2/c1-10(2)17-14(15)13-11(3)18(9-16-13)7-5-6-8-20-12(4)19/h9H,1,5-8H2,2-4H3,(H2,15,17).